The summed E-state index contributed by atoms with van der Waals surface area (Å²) in [4.78, 5) is 15.1. The highest BCUT2D eigenvalue weighted by Gasteiger charge is 2.27. The van der Waals surface area contributed by atoms with E-state index in [0.29, 0.717) is 34.6 Å². The standard InChI is InChI=1S/C20H20BrNO5/c1-24-15-4-3-14(21)18(19(15)25-2)20(23)22-7-5-12-9-16-17(27-11-26-16)10-13(12)6-8-22/h3-4,9-10H,5-8,11H2,1-2H3. The Labute approximate surface area is 166 Å². The minimum absolute atomic E-state index is 0.0783. The maximum atomic E-state index is 13.3. The second kappa shape index (κ2) is 7.31. The van der Waals surface area contributed by atoms with Crippen LogP contribution in [0.1, 0.15) is 21.5 Å². The summed E-state index contributed by atoms with van der Waals surface area (Å²) in [5.74, 6) is 2.47. The predicted octanol–water partition coefficient (Wildman–Crippen LogP) is 3.44. The smallest absolute Gasteiger partial charge is 0.258 e. The Bertz CT molecular complexity index is 863. The lowest BCUT2D eigenvalue weighted by Crippen LogP contribution is -2.33. The molecule has 27 heavy (non-hydrogen) atoms. The second-order valence-corrected chi connectivity index (χ2v) is 7.28. The van der Waals surface area contributed by atoms with Crippen LogP contribution in [0.15, 0.2) is 28.7 Å². The summed E-state index contributed by atoms with van der Waals surface area (Å²) < 4.78 is 22.5. The third-order valence-electron chi connectivity index (χ3n) is 4.99. The first-order valence-electron chi connectivity index (χ1n) is 8.73. The Kier molecular flexibility index (Phi) is 4.86. The fourth-order valence-electron chi connectivity index (χ4n) is 3.58. The van der Waals surface area contributed by atoms with Crippen molar-refractivity contribution in [3.8, 4) is 23.0 Å². The van der Waals surface area contributed by atoms with E-state index in [1.807, 2.05) is 17.0 Å². The summed E-state index contributed by atoms with van der Waals surface area (Å²) in [5.41, 5.74) is 2.88. The molecule has 0 N–H and O–H groups in total. The van der Waals surface area contributed by atoms with Crippen LogP contribution >= 0.6 is 15.9 Å². The predicted molar refractivity (Wildman–Crippen MR) is 103 cm³/mol. The Hall–Kier alpha value is -2.41. The molecule has 4 rings (SSSR count). The molecule has 0 unspecified atom stereocenters. The van der Waals surface area contributed by atoms with Crippen LogP contribution in [0.25, 0.3) is 0 Å². The number of ether oxygens (including phenoxy) is 4. The lowest BCUT2D eigenvalue weighted by atomic mass is 10.0. The molecule has 0 atom stereocenters. The van der Waals surface area contributed by atoms with Crippen molar-refractivity contribution >= 4 is 21.8 Å². The lowest BCUT2D eigenvalue weighted by molar-refractivity contribution is 0.0758. The molecule has 142 valence electrons. The first-order valence-corrected chi connectivity index (χ1v) is 9.53. The van der Waals surface area contributed by atoms with Crippen molar-refractivity contribution in [1.82, 2.24) is 4.90 Å². The number of nitrogens with zero attached hydrogens (tertiary/aromatic N) is 1. The van der Waals surface area contributed by atoms with Crippen molar-refractivity contribution in [1.29, 1.82) is 0 Å². The van der Waals surface area contributed by atoms with Gasteiger partial charge in [0.15, 0.2) is 23.0 Å². The lowest BCUT2D eigenvalue weighted by Gasteiger charge is -2.23. The fourth-order valence-corrected chi connectivity index (χ4v) is 4.06. The highest BCUT2D eigenvalue weighted by molar-refractivity contribution is 9.10. The normalized spacial score (nSPS) is 15.1. The van der Waals surface area contributed by atoms with E-state index >= 15 is 0 Å². The van der Waals surface area contributed by atoms with Crippen LogP contribution in [0, 0.1) is 0 Å². The number of fused-ring (bicyclic) bond motifs is 2. The molecule has 2 aliphatic heterocycles. The van der Waals surface area contributed by atoms with Gasteiger partial charge in [0.2, 0.25) is 6.79 Å². The van der Waals surface area contributed by atoms with Gasteiger partial charge in [0.05, 0.1) is 19.8 Å². The van der Waals surface area contributed by atoms with Gasteiger partial charge >= 0.3 is 0 Å². The Balaban J connectivity index is 1.61. The van der Waals surface area contributed by atoms with E-state index in [1.54, 1.807) is 26.4 Å². The van der Waals surface area contributed by atoms with Gasteiger partial charge in [-0.05, 0) is 64.2 Å². The zero-order valence-electron chi connectivity index (χ0n) is 15.2. The summed E-state index contributed by atoms with van der Waals surface area (Å²) in [5, 5.41) is 0. The number of benzene rings is 2. The van der Waals surface area contributed by atoms with E-state index in [1.165, 1.54) is 11.1 Å². The number of carbonyl (C=O) groups excluding carboxylic acids is 1. The van der Waals surface area contributed by atoms with Crippen LogP contribution in [-0.2, 0) is 12.8 Å². The Morgan fingerprint density at radius 3 is 2.22 bits per heavy atom. The van der Waals surface area contributed by atoms with Gasteiger partial charge in [0, 0.05) is 17.6 Å². The number of rotatable bonds is 3. The molecule has 7 heteroatoms. The maximum Gasteiger partial charge on any atom is 0.258 e. The number of halogens is 1. The van der Waals surface area contributed by atoms with Crippen LogP contribution in [0.2, 0.25) is 0 Å². The van der Waals surface area contributed by atoms with Gasteiger partial charge in [-0.1, -0.05) is 0 Å². The summed E-state index contributed by atoms with van der Waals surface area (Å²) in [6.45, 7) is 1.52. The third-order valence-corrected chi connectivity index (χ3v) is 5.65. The molecule has 0 bridgehead atoms. The summed E-state index contributed by atoms with van der Waals surface area (Å²) >= 11 is 3.49. The molecular formula is C20H20BrNO5. The van der Waals surface area contributed by atoms with Crippen molar-refractivity contribution in [2.45, 2.75) is 12.8 Å². The van der Waals surface area contributed by atoms with Gasteiger partial charge in [-0.25, -0.2) is 0 Å². The second-order valence-electron chi connectivity index (χ2n) is 6.42. The van der Waals surface area contributed by atoms with Crippen molar-refractivity contribution in [3.05, 3.63) is 45.4 Å². The average Bonchev–Trinajstić information content (AvgIpc) is 3.03. The average molecular weight is 434 g/mol. The summed E-state index contributed by atoms with van der Waals surface area (Å²) in [6.07, 6.45) is 1.53. The van der Waals surface area contributed by atoms with Crippen molar-refractivity contribution < 1.29 is 23.7 Å². The minimum atomic E-state index is -0.0783. The molecular weight excluding hydrogens is 414 g/mol. The monoisotopic (exact) mass is 433 g/mol. The number of amides is 1. The van der Waals surface area contributed by atoms with Gasteiger partial charge in [0.25, 0.3) is 5.91 Å². The molecule has 2 aromatic rings. The quantitative estimate of drug-likeness (QED) is 0.741. The van der Waals surface area contributed by atoms with E-state index in [2.05, 4.69) is 15.9 Å². The molecule has 0 saturated carbocycles. The molecule has 0 spiro atoms. The third kappa shape index (κ3) is 3.20. The van der Waals surface area contributed by atoms with Crippen LogP contribution in [0.4, 0.5) is 0 Å². The van der Waals surface area contributed by atoms with E-state index in [0.717, 1.165) is 24.3 Å². The SMILES string of the molecule is COc1ccc(Br)c(C(=O)N2CCc3cc4c(cc3CC2)OCO4)c1OC. The van der Waals surface area contributed by atoms with Gasteiger partial charge < -0.3 is 23.8 Å². The van der Waals surface area contributed by atoms with E-state index in [9.17, 15) is 4.79 Å². The Morgan fingerprint density at radius 1 is 1.04 bits per heavy atom. The molecule has 2 heterocycles. The van der Waals surface area contributed by atoms with Gasteiger partial charge in [-0.3, -0.25) is 4.79 Å². The maximum absolute atomic E-state index is 13.3. The molecule has 0 aliphatic carbocycles. The topological polar surface area (TPSA) is 57.2 Å². The first-order chi connectivity index (χ1) is 13.1. The summed E-state index contributed by atoms with van der Waals surface area (Å²) in [6, 6.07) is 7.65. The molecule has 0 radical (unpaired) electrons. The van der Waals surface area contributed by atoms with Crippen molar-refractivity contribution in [3.63, 3.8) is 0 Å². The molecule has 2 aliphatic rings. The van der Waals surface area contributed by atoms with E-state index < -0.39 is 0 Å². The van der Waals surface area contributed by atoms with Crippen molar-refractivity contribution in [2.75, 3.05) is 34.1 Å². The molecule has 2 aromatic carbocycles. The van der Waals surface area contributed by atoms with E-state index in [4.69, 9.17) is 18.9 Å². The molecule has 1 amide bonds. The first kappa shape index (κ1) is 18.0. The molecule has 6 nitrogen and oxygen atoms in total. The van der Waals surface area contributed by atoms with Gasteiger partial charge in [0.1, 0.15) is 0 Å². The van der Waals surface area contributed by atoms with Crippen LogP contribution in [-0.4, -0.2) is 44.9 Å². The highest BCUT2D eigenvalue weighted by atomic mass is 79.9. The zero-order chi connectivity index (χ0) is 19.0. The Morgan fingerprint density at radius 2 is 1.67 bits per heavy atom. The fraction of sp³-hybridized carbons (Fsp3) is 0.350. The number of hydrogen-bond donors (Lipinski definition) is 0. The summed E-state index contributed by atoms with van der Waals surface area (Å²) in [7, 11) is 3.10. The van der Waals surface area contributed by atoms with Crippen LogP contribution in [0.5, 0.6) is 23.0 Å². The number of hydrogen-bond acceptors (Lipinski definition) is 5. The molecule has 0 fully saturated rings. The number of methoxy groups -OCH3 is 2. The van der Waals surface area contributed by atoms with Gasteiger partial charge in [-0.15, -0.1) is 0 Å². The largest absolute Gasteiger partial charge is 0.493 e. The minimum Gasteiger partial charge on any atom is -0.493 e. The number of carbonyl (C=O) groups is 1. The highest BCUT2D eigenvalue weighted by Crippen LogP contribution is 2.38. The molecule has 0 aromatic heterocycles. The zero-order valence-corrected chi connectivity index (χ0v) is 16.8. The van der Waals surface area contributed by atoms with E-state index in [-0.39, 0.29) is 12.7 Å². The van der Waals surface area contributed by atoms with Crippen LogP contribution < -0.4 is 18.9 Å². The van der Waals surface area contributed by atoms with Crippen molar-refractivity contribution in [2.24, 2.45) is 0 Å². The van der Waals surface area contributed by atoms with Crippen LogP contribution in [0.3, 0.4) is 0 Å². The molecule has 0 saturated heterocycles. The van der Waals surface area contributed by atoms with Gasteiger partial charge in [-0.2, -0.15) is 0 Å².